The highest BCUT2D eigenvalue weighted by atomic mass is 19.1. The zero-order chi connectivity index (χ0) is 21.3. The molecule has 0 aliphatic carbocycles. The molecule has 0 fully saturated rings. The van der Waals surface area contributed by atoms with Gasteiger partial charge in [-0.05, 0) is 32.9 Å². The van der Waals surface area contributed by atoms with Gasteiger partial charge in [-0.25, -0.2) is 14.4 Å². The molecule has 9 heteroatoms. The zero-order valence-corrected chi connectivity index (χ0v) is 17.1. The first kappa shape index (κ1) is 19.8. The van der Waals surface area contributed by atoms with Crippen LogP contribution in [-0.2, 0) is 16.2 Å². The fourth-order valence-corrected chi connectivity index (χ4v) is 3.42. The highest BCUT2D eigenvalue weighted by Crippen LogP contribution is 2.21. The van der Waals surface area contributed by atoms with Gasteiger partial charge in [0.25, 0.3) is 0 Å². The number of aryl methyl sites for hydroxylation is 3. The molecule has 0 saturated heterocycles. The van der Waals surface area contributed by atoms with Gasteiger partial charge < -0.3 is 19.3 Å². The van der Waals surface area contributed by atoms with Gasteiger partial charge in [0.15, 0.2) is 0 Å². The van der Waals surface area contributed by atoms with E-state index in [0.717, 1.165) is 17.2 Å². The van der Waals surface area contributed by atoms with Crippen LogP contribution >= 0.6 is 0 Å². The maximum Gasteiger partial charge on any atom is 0.240 e. The summed E-state index contributed by atoms with van der Waals surface area (Å²) in [5.74, 6) is 0.302. The van der Waals surface area contributed by atoms with Crippen molar-refractivity contribution in [2.24, 2.45) is 5.16 Å². The third kappa shape index (κ3) is 4.24. The van der Waals surface area contributed by atoms with Crippen LogP contribution in [0.3, 0.4) is 0 Å². The minimum Gasteiger partial charge on any atom is -0.390 e. The van der Waals surface area contributed by atoms with Crippen LogP contribution in [0.5, 0.6) is 0 Å². The third-order valence-corrected chi connectivity index (χ3v) is 4.94. The smallest absolute Gasteiger partial charge is 0.240 e. The summed E-state index contributed by atoms with van der Waals surface area (Å²) >= 11 is 0. The molecule has 1 amide bonds. The van der Waals surface area contributed by atoms with Crippen molar-refractivity contribution in [1.29, 1.82) is 0 Å². The maximum absolute atomic E-state index is 14.6. The van der Waals surface area contributed by atoms with E-state index < -0.39 is 0 Å². The van der Waals surface area contributed by atoms with E-state index in [1.165, 1.54) is 6.07 Å². The van der Waals surface area contributed by atoms with Crippen LogP contribution < -0.4 is 5.32 Å². The molecule has 1 N–H and O–H groups in total. The Morgan fingerprint density at radius 3 is 2.77 bits per heavy atom. The van der Waals surface area contributed by atoms with Gasteiger partial charge in [0.2, 0.25) is 5.91 Å². The van der Waals surface area contributed by atoms with Crippen LogP contribution in [0.2, 0.25) is 0 Å². The Bertz CT molecular complexity index is 1120. The van der Waals surface area contributed by atoms with Crippen molar-refractivity contribution in [3.05, 3.63) is 65.5 Å². The molecule has 0 radical (unpaired) electrons. The number of imidazole rings is 2. The Kier molecular flexibility index (Phi) is 5.35. The van der Waals surface area contributed by atoms with Gasteiger partial charge in [0.1, 0.15) is 24.3 Å². The second-order valence-corrected chi connectivity index (χ2v) is 7.42. The number of halogens is 1. The Morgan fingerprint density at radius 2 is 2.10 bits per heavy atom. The molecule has 0 saturated carbocycles. The molecule has 1 aliphatic heterocycles. The lowest BCUT2D eigenvalue weighted by molar-refractivity contribution is -0.122. The molecule has 1 aromatic carbocycles. The molecular formula is C21H23FN6O2. The summed E-state index contributed by atoms with van der Waals surface area (Å²) in [7, 11) is 0. The van der Waals surface area contributed by atoms with E-state index in [1.807, 2.05) is 27.0 Å². The average molecular weight is 410 g/mol. The predicted molar refractivity (Wildman–Crippen MR) is 109 cm³/mol. The monoisotopic (exact) mass is 410 g/mol. The van der Waals surface area contributed by atoms with Crippen molar-refractivity contribution in [3.63, 3.8) is 0 Å². The highest BCUT2D eigenvalue weighted by molar-refractivity contribution is 6.01. The van der Waals surface area contributed by atoms with Gasteiger partial charge in [-0.1, -0.05) is 11.2 Å². The summed E-state index contributed by atoms with van der Waals surface area (Å²) < 4.78 is 18.0. The minimum atomic E-state index is -0.365. The lowest BCUT2D eigenvalue weighted by Crippen LogP contribution is -2.34. The van der Waals surface area contributed by atoms with Crippen molar-refractivity contribution >= 4 is 11.6 Å². The topological polar surface area (TPSA) is 86.3 Å². The van der Waals surface area contributed by atoms with E-state index in [4.69, 9.17) is 4.84 Å². The van der Waals surface area contributed by atoms with Crippen molar-refractivity contribution in [2.75, 3.05) is 6.54 Å². The average Bonchev–Trinajstić information content (AvgIpc) is 3.41. The molecule has 2 aromatic heterocycles. The molecule has 0 spiro atoms. The molecule has 3 heterocycles. The summed E-state index contributed by atoms with van der Waals surface area (Å²) in [6.07, 6.45) is 5.39. The normalized spacial score (nSPS) is 15.7. The summed E-state index contributed by atoms with van der Waals surface area (Å²) in [5.41, 5.74) is 3.43. The summed E-state index contributed by atoms with van der Waals surface area (Å²) in [6.45, 7) is 6.13. The third-order valence-electron chi connectivity index (χ3n) is 4.94. The number of amides is 1. The second-order valence-electron chi connectivity index (χ2n) is 7.42. The molecule has 3 aromatic rings. The van der Waals surface area contributed by atoms with Gasteiger partial charge in [0, 0.05) is 24.4 Å². The standard InChI is InChI=1S/C21H23FN6O2/c1-13-9-28(12-24-13)20-5-4-16(6-18(20)22)19-7-17(30-26-19)8-23-21(29)11-27-10-14(2)25-15(27)3/h4-6,9-10,12,17H,7-8,11H2,1-3H3,(H,23,29). The fourth-order valence-electron chi connectivity index (χ4n) is 3.42. The second kappa shape index (κ2) is 8.10. The summed E-state index contributed by atoms with van der Waals surface area (Å²) in [5, 5.41) is 6.93. The van der Waals surface area contributed by atoms with Gasteiger partial charge in [-0.3, -0.25) is 4.79 Å². The molecule has 1 atom stereocenters. The molecule has 30 heavy (non-hydrogen) atoms. The van der Waals surface area contributed by atoms with E-state index in [1.54, 1.807) is 33.8 Å². The number of hydrogen-bond acceptors (Lipinski definition) is 5. The van der Waals surface area contributed by atoms with E-state index in [0.29, 0.717) is 29.9 Å². The number of aromatic nitrogens is 4. The molecule has 0 bridgehead atoms. The SMILES string of the molecule is Cc1cn(-c2ccc(C3=NOC(CNC(=O)Cn4cc(C)nc4C)C3)cc2F)cn1. The first-order valence-electron chi connectivity index (χ1n) is 9.69. The minimum absolute atomic E-state index is 0.126. The van der Waals surface area contributed by atoms with Crippen molar-refractivity contribution in [2.45, 2.75) is 39.8 Å². The number of nitrogens with one attached hydrogen (secondary N) is 1. The molecule has 156 valence electrons. The Hall–Kier alpha value is -3.49. The Morgan fingerprint density at radius 1 is 1.27 bits per heavy atom. The fraction of sp³-hybridized carbons (Fsp3) is 0.333. The lowest BCUT2D eigenvalue weighted by Gasteiger charge is -2.11. The van der Waals surface area contributed by atoms with Crippen molar-refractivity contribution in [3.8, 4) is 5.69 Å². The highest BCUT2D eigenvalue weighted by Gasteiger charge is 2.23. The number of benzene rings is 1. The van der Waals surface area contributed by atoms with Crippen LogP contribution in [0.15, 0.2) is 42.1 Å². The summed E-state index contributed by atoms with van der Waals surface area (Å²) in [6, 6.07) is 4.94. The lowest BCUT2D eigenvalue weighted by atomic mass is 10.0. The van der Waals surface area contributed by atoms with E-state index >= 15 is 0 Å². The largest absolute Gasteiger partial charge is 0.390 e. The predicted octanol–water partition coefficient (Wildman–Crippen LogP) is 2.44. The molecular weight excluding hydrogens is 387 g/mol. The molecule has 1 aliphatic rings. The number of nitrogens with zero attached hydrogens (tertiary/aromatic N) is 5. The number of carbonyl (C=O) groups excluding carboxylic acids is 1. The van der Waals surface area contributed by atoms with Crippen molar-refractivity contribution in [1.82, 2.24) is 24.4 Å². The first-order valence-corrected chi connectivity index (χ1v) is 9.69. The number of hydrogen-bond donors (Lipinski definition) is 1. The van der Waals surface area contributed by atoms with Gasteiger partial charge in [-0.15, -0.1) is 0 Å². The molecule has 4 rings (SSSR count). The van der Waals surface area contributed by atoms with E-state index in [-0.39, 0.29) is 24.4 Å². The molecule has 8 nitrogen and oxygen atoms in total. The number of carbonyl (C=O) groups is 1. The van der Waals surface area contributed by atoms with E-state index in [2.05, 4.69) is 20.4 Å². The van der Waals surface area contributed by atoms with Crippen LogP contribution in [0.25, 0.3) is 5.69 Å². The van der Waals surface area contributed by atoms with Crippen LogP contribution in [0, 0.1) is 26.6 Å². The first-order chi connectivity index (χ1) is 14.4. The van der Waals surface area contributed by atoms with Crippen LogP contribution in [0.1, 0.15) is 29.2 Å². The zero-order valence-electron chi connectivity index (χ0n) is 17.1. The summed E-state index contributed by atoms with van der Waals surface area (Å²) in [4.78, 5) is 26.0. The van der Waals surface area contributed by atoms with Crippen LogP contribution in [0.4, 0.5) is 4.39 Å². The Labute approximate surface area is 173 Å². The van der Waals surface area contributed by atoms with Crippen LogP contribution in [-0.4, -0.2) is 43.4 Å². The Balaban J connectivity index is 1.32. The van der Waals surface area contributed by atoms with Gasteiger partial charge in [-0.2, -0.15) is 0 Å². The quantitative estimate of drug-likeness (QED) is 0.676. The van der Waals surface area contributed by atoms with Gasteiger partial charge in [0.05, 0.1) is 35.7 Å². The number of rotatable bonds is 6. The maximum atomic E-state index is 14.6. The number of oxime groups is 1. The van der Waals surface area contributed by atoms with Crippen molar-refractivity contribution < 1.29 is 14.0 Å². The molecule has 1 unspecified atom stereocenters. The van der Waals surface area contributed by atoms with Gasteiger partial charge >= 0.3 is 0 Å². The van der Waals surface area contributed by atoms with E-state index in [9.17, 15) is 9.18 Å².